The van der Waals surface area contributed by atoms with Crippen LogP contribution in [0.4, 0.5) is 0 Å². The summed E-state index contributed by atoms with van der Waals surface area (Å²) in [5.41, 5.74) is 2.53. The number of hydrogen-bond donors (Lipinski definition) is 0. The number of rotatable bonds is 1. The highest BCUT2D eigenvalue weighted by Gasteiger charge is 2.27. The van der Waals surface area contributed by atoms with Crippen molar-refractivity contribution in [1.82, 2.24) is 0 Å². The molecule has 1 aliphatic rings. The molecule has 74 valence electrons. The molecule has 14 heavy (non-hydrogen) atoms. The van der Waals surface area contributed by atoms with Gasteiger partial charge in [0.25, 0.3) is 0 Å². The third kappa shape index (κ3) is 1.69. The highest BCUT2D eigenvalue weighted by Crippen LogP contribution is 2.29. The first-order chi connectivity index (χ1) is 6.70. The molecular formula is C11H11BrO2. The maximum Gasteiger partial charge on any atom is 0.309 e. The lowest BCUT2D eigenvalue weighted by Crippen LogP contribution is -2.15. The number of ether oxygens (including phenoxy) is 1. The van der Waals surface area contributed by atoms with E-state index in [2.05, 4.69) is 28.1 Å². The molecule has 0 aromatic heterocycles. The number of hydrogen-bond acceptors (Lipinski definition) is 2. The van der Waals surface area contributed by atoms with Crippen molar-refractivity contribution in [1.29, 1.82) is 0 Å². The molecule has 0 spiro atoms. The SMILES string of the molecule is COC(=O)[C@@H]1Cc2ccc(Br)cc2C1. The van der Waals surface area contributed by atoms with Crippen LogP contribution in [-0.4, -0.2) is 13.1 Å². The Balaban J connectivity index is 2.22. The lowest BCUT2D eigenvalue weighted by Gasteiger charge is -2.04. The van der Waals surface area contributed by atoms with Gasteiger partial charge in [-0.3, -0.25) is 4.79 Å². The van der Waals surface area contributed by atoms with Crippen LogP contribution < -0.4 is 0 Å². The predicted octanol–water partition coefficient (Wildman–Crippen LogP) is 2.34. The molecule has 1 aliphatic carbocycles. The number of fused-ring (bicyclic) bond motifs is 1. The maximum atomic E-state index is 11.3. The minimum absolute atomic E-state index is 0.0179. The number of halogens is 1. The van der Waals surface area contributed by atoms with Crippen LogP contribution in [0.5, 0.6) is 0 Å². The average molecular weight is 255 g/mol. The van der Waals surface area contributed by atoms with Gasteiger partial charge >= 0.3 is 5.97 Å². The van der Waals surface area contributed by atoms with E-state index in [0.29, 0.717) is 0 Å². The maximum absolute atomic E-state index is 11.3. The van der Waals surface area contributed by atoms with E-state index < -0.39 is 0 Å². The highest BCUT2D eigenvalue weighted by molar-refractivity contribution is 9.10. The topological polar surface area (TPSA) is 26.3 Å². The quantitative estimate of drug-likeness (QED) is 0.720. The summed E-state index contributed by atoms with van der Waals surface area (Å²) < 4.78 is 5.82. The molecule has 3 heteroatoms. The molecule has 0 radical (unpaired) electrons. The Morgan fingerprint density at radius 2 is 2.14 bits per heavy atom. The van der Waals surface area contributed by atoms with Crippen molar-refractivity contribution in [3.8, 4) is 0 Å². The molecule has 0 heterocycles. The van der Waals surface area contributed by atoms with Gasteiger partial charge in [-0.05, 0) is 36.1 Å². The number of carbonyl (C=O) groups is 1. The molecule has 0 amide bonds. The zero-order valence-electron chi connectivity index (χ0n) is 7.92. The van der Waals surface area contributed by atoms with Crippen molar-refractivity contribution < 1.29 is 9.53 Å². The first kappa shape index (κ1) is 9.71. The Bertz CT molecular complexity index is 374. The third-order valence-electron chi connectivity index (χ3n) is 2.64. The van der Waals surface area contributed by atoms with Crippen molar-refractivity contribution in [3.63, 3.8) is 0 Å². The average Bonchev–Trinajstić information content (AvgIpc) is 2.59. The summed E-state index contributed by atoms with van der Waals surface area (Å²) in [7, 11) is 1.45. The molecule has 0 unspecified atom stereocenters. The van der Waals surface area contributed by atoms with E-state index in [1.165, 1.54) is 18.2 Å². The molecule has 1 aromatic carbocycles. The van der Waals surface area contributed by atoms with Crippen molar-refractivity contribution in [2.75, 3.05) is 7.11 Å². The van der Waals surface area contributed by atoms with E-state index in [1.807, 2.05) is 6.07 Å². The van der Waals surface area contributed by atoms with Crippen molar-refractivity contribution in [2.45, 2.75) is 12.8 Å². The third-order valence-corrected chi connectivity index (χ3v) is 3.13. The van der Waals surface area contributed by atoms with Gasteiger partial charge in [0.05, 0.1) is 13.0 Å². The smallest absolute Gasteiger partial charge is 0.309 e. The second-order valence-corrected chi connectivity index (χ2v) is 4.46. The lowest BCUT2D eigenvalue weighted by molar-refractivity contribution is -0.145. The zero-order valence-corrected chi connectivity index (χ0v) is 9.50. The van der Waals surface area contributed by atoms with Gasteiger partial charge in [0, 0.05) is 4.47 Å². The van der Waals surface area contributed by atoms with Crippen molar-refractivity contribution in [2.24, 2.45) is 5.92 Å². The van der Waals surface area contributed by atoms with Crippen LogP contribution in [0.1, 0.15) is 11.1 Å². The highest BCUT2D eigenvalue weighted by atomic mass is 79.9. The minimum atomic E-state index is -0.0997. The summed E-state index contributed by atoms with van der Waals surface area (Å²) >= 11 is 3.42. The molecule has 0 saturated carbocycles. The van der Waals surface area contributed by atoms with Crippen molar-refractivity contribution in [3.05, 3.63) is 33.8 Å². The number of carbonyl (C=O) groups excluding carboxylic acids is 1. The molecule has 1 aromatic rings. The molecule has 0 fully saturated rings. The van der Waals surface area contributed by atoms with Gasteiger partial charge in [0.15, 0.2) is 0 Å². The monoisotopic (exact) mass is 254 g/mol. The summed E-state index contributed by atoms with van der Waals surface area (Å²) in [6.07, 6.45) is 1.62. The van der Waals surface area contributed by atoms with Crippen LogP contribution in [-0.2, 0) is 22.4 Å². The van der Waals surface area contributed by atoms with E-state index in [-0.39, 0.29) is 11.9 Å². The van der Waals surface area contributed by atoms with Gasteiger partial charge < -0.3 is 4.74 Å². The summed E-state index contributed by atoms with van der Waals surface area (Å²) in [6.45, 7) is 0. The predicted molar refractivity (Wildman–Crippen MR) is 57.1 cm³/mol. The Morgan fingerprint density at radius 3 is 2.86 bits per heavy atom. The van der Waals surface area contributed by atoms with Gasteiger partial charge in [-0.25, -0.2) is 0 Å². The molecule has 0 N–H and O–H groups in total. The van der Waals surface area contributed by atoms with Crippen LogP contribution in [0.25, 0.3) is 0 Å². The fourth-order valence-electron chi connectivity index (χ4n) is 1.92. The number of esters is 1. The fourth-order valence-corrected chi connectivity index (χ4v) is 2.33. The van der Waals surface area contributed by atoms with E-state index >= 15 is 0 Å². The summed E-state index contributed by atoms with van der Waals surface area (Å²) in [5, 5.41) is 0. The second-order valence-electron chi connectivity index (χ2n) is 3.54. The van der Waals surface area contributed by atoms with E-state index in [9.17, 15) is 4.79 Å². The van der Waals surface area contributed by atoms with Gasteiger partial charge in [-0.15, -0.1) is 0 Å². The Hall–Kier alpha value is -0.830. The van der Waals surface area contributed by atoms with E-state index in [0.717, 1.165) is 17.3 Å². The van der Waals surface area contributed by atoms with Gasteiger partial charge in [-0.2, -0.15) is 0 Å². The van der Waals surface area contributed by atoms with Crippen LogP contribution >= 0.6 is 15.9 Å². The molecule has 2 rings (SSSR count). The Kier molecular flexibility index (Phi) is 2.59. The molecule has 2 nitrogen and oxygen atoms in total. The molecule has 0 aliphatic heterocycles. The van der Waals surface area contributed by atoms with Gasteiger partial charge in [0.2, 0.25) is 0 Å². The van der Waals surface area contributed by atoms with Gasteiger partial charge in [-0.1, -0.05) is 22.0 Å². The zero-order chi connectivity index (χ0) is 10.1. The van der Waals surface area contributed by atoms with Crippen molar-refractivity contribution >= 4 is 21.9 Å². The fraction of sp³-hybridized carbons (Fsp3) is 0.364. The normalized spacial score (nSPS) is 19.1. The molecule has 0 bridgehead atoms. The second kappa shape index (κ2) is 3.73. The molecule has 1 atom stereocenters. The number of methoxy groups -OCH3 is 1. The first-order valence-electron chi connectivity index (χ1n) is 4.56. The summed E-state index contributed by atoms with van der Waals surface area (Å²) in [5.74, 6) is -0.0818. The van der Waals surface area contributed by atoms with Gasteiger partial charge in [0.1, 0.15) is 0 Å². The van der Waals surface area contributed by atoms with E-state index in [1.54, 1.807) is 0 Å². The lowest BCUT2D eigenvalue weighted by atomic mass is 10.1. The summed E-state index contributed by atoms with van der Waals surface area (Å²) in [6, 6.07) is 6.17. The largest absolute Gasteiger partial charge is 0.469 e. The minimum Gasteiger partial charge on any atom is -0.469 e. The number of benzene rings is 1. The van der Waals surface area contributed by atoms with E-state index in [4.69, 9.17) is 4.74 Å². The van der Waals surface area contributed by atoms with Crippen LogP contribution in [0, 0.1) is 5.92 Å². The summed E-state index contributed by atoms with van der Waals surface area (Å²) in [4.78, 5) is 11.3. The molecular weight excluding hydrogens is 244 g/mol. The van der Waals surface area contributed by atoms with Crippen LogP contribution in [0.3, 0.4) is 0 Å². The molecule has 0 saturated heterocycles. The Morgan fingerprint density at radius 1 is 1.43 bits per heavy atom. The first-order valence-corrected chi connectivity index (χ1v) is 5.35. The van der Waals surface area contributed by atoms with Crippen LogP contribution in [0.2, 0.25) is 0 Å². The van der Waals surface area contributed by atoms with Crippen LogP contribution in [0.15, 0.2) is 22.7 Å². The Labute approximate surface area is 91.4 Å². The standard InChI is InChI=1S/C11H11BrO2/c1-14-11(13)9-4-7-2-3-10(12)6-8(7)5-9/h2-3,6,9H,4-5H2,1H3/t9-/m1/s1.